The second-order valence-corrected chi connectivity index (χ2v) is 4.16. The van der Waals surface area contributed by atoms with Gasteiger partial charge in [0.1, 0.15) is 0 Å². The van der Waals surface area contributed by atoms with Gasteiger partial charge < -0.3 is 10.2 Å². The van der Waals surface area contributed by atoms with Crippen LogP contribution in [-0.4, -0.2) is 38.0 Å². The minimum Gasteiger partial charge on any atom is -0.344 e. The van der Waals surface area contributed by atoms with Gasteiger partial charge in [0.05, 0.1) is 6.42 Å². The number of carbonyl (C=O) groups excluding carboxylic acids is 1. The van der Waals surface area contributed by atoms with Gasteiger partial charge in [-0.15, -0.1) is 0 Å². The summed E-state index contributed by atoms with van der Waals surface area (Å²) in [6.45, 7) is 1.52. The minimum atomic E-state index is 0.109. The smallest absolute Gasteiger partial charge is 0.226 e. The van der Waals surface area contributed by atoms with Gasteiger partial charge in [0.25, 0.3) is 0 Å². The fraction of sp³-hybridized carbons (Fsp3) is 0.417. The summed E-state index contributed by atoms with van der Waals surface area (Å²) in [5.74, 6) is 0.109. The monoisotopic (exact) mass is 240 g/mol. The molecule has 88 valence electrons. The highest BCUT2D eigenvalue weighted by Crippen LogP contribution is 2.11. The van der Waals surface area contributed by atoms with Crippen molar-refractivity contribution < 1.29 is 4.79 Å². The van der Waals surface area contributed by atoms with Crippen LogP contribution < -0.4 is 5.32 Å². The zero-order valence-electron chi connectivity index (χ0n) is 9.66. The van der Waals surface area contributed by atoms with E-state index in [1.54, 1.807) is 11.0 Å². The third kappa shape index (κ3) is 4.21. The van der Waals surface area contributed by atoms with Gasteiger partial charge in [-0.2, -0.15) is 0 Å². The van der Waals surface area contributed by atoms with Crippen molar-refractivity contribution in [3.63, 3.8) is 0 Å². The second-order valence-electron chi connectivity index (χ2n) is 3.73. The number of halogens is 1. The molecule has 0 aliphatic heterocycles. The molecule has 4 heteroatoms. The van der Waals surface area contributed by atoms with Gasteiger partial charge in [-0.05, 0) is 24.7 Å². The Labute approximate surface area is 101 Å². The molecule has 0 aliphatic carbocycles. The standard InChI is InChI=1S/C12H17ClN2O/c1-14-6-7-15(2)12(16)9-10-4-3-5-11(13)8-10/h3-5,8,14H,6-7,9H2,1-2H3. The number of hydrogen-bond acceptors (Lipinski definition) is 2. The van der Waals surface area contributed by atoms with E-state index in [4.69, 9.17) is 11.6 Å². The van der Waals surface area contributed by atoms with E-state index < -0.39 is 0 Å². The molecule has 1 aromatic carbocycles. The number of rotatable bonds is 5. The van der Waals surface area contributed by atoms with E-state index in [9.17, 15) is 4.79 Å². The lowest BCUT2D eigenvalue weighted by molar-refractivity contribution is -0.129. The third-order valence-corrected chi connectivity index (χ3v) is 2.60. The van der Waals surface area contributed by atoms with E-state index in [-0.39, 0.29) is 5.91 Å². The number of carbonyl (C=O) groups is 1. The maximum atomic E-state index is 11.8. The molecule has 1 aromatic rings. The summed E-state index contributed by atoms with van der Waals surface area (Å²) in [6.07, 6.45) is 0.404. The number of nitrogens with one attached hydrogen (secondary N) is 1. The van der Waals surface area contributed by atoms with E-state index in [1.165, 1.54) is 0 Å². The van der Waals surface area contributed by atoms with Gasteiger partial charge in [0, 0.05) is 25.2 Å². The van der Waals surface area contributed by atoms with Crippen LogP contribution >= 0.6 is 11.6 Å². The predicted molar refractivity (Wildman–Crippen MR) is 66.7 cm³/mol. The molecule has 1 amide bonds. The van der Waals surface area contributed by atoms with Crippen molar-refractivity contribution in [2.75, 3.05) is 27.2 Å². The molecule has 0 bridgehead atoms. The number of hydrogen-bond donors (Lipinski definition) is 1. The van der Waals surface area contributed by atoms with E-state index >= 15 is 0 Å². The van der Waals surface area contributed by atoms with Crippen LogP contribution in [0.1, 0.15) is 5.56 Å². The van der Waals surface area contributed by atoms with Crippen LogP contribution in [0.5, 0.6) is 0 Å². The lowest BCUT2D eigenvalue weighted by Crippen LogP contribution is -2.33. The molecule has 0 aromatic heterocycles. The highest BCUT2D eigenvalue weighted by atomic mass is 35.5. The first kappa shape index (κ1) is 13.0. The Morgan fingerprint density at radius 1 is 1.50 bits per heavy atom. The Morgan fingerprint density at radius 3 is 2.88 bits per heavy atom. The molecule has 1 N–H and O–H groups in total. The number of benzene rings is 1. The lowest BCUT2D eigenvalue weighted by Gasteiger charge is -2.16. The fourth-order valence-electron chi connectivity index (χ4n) is 1.36. The molecule has 0 unspecified atom stereocenters. The predicted octanol–water partition coefficient (Wildman–Crippen LogP) is 1.56. The van der Waals surface area contributed by atoms with E-state index in [2.05, 4.69) is 5.32 Å². The maximum absolute atomic E-state index is 11.8. The molecular weight excluding hydrogens is 224 g/mol. The maximum Gasteiger partial charge on any atom is 0.226 e. The molecule has 0 aliphatic rings. The molecule has 1 rings (SSSR count). The first-order valence-electron chi connectivity index (χ1n) is 5.26. The normalized spacial score (nSPS) is 10.2. The molecular formula is C12H17ClN2O. The summed E-state index contributed by atoms with van der Waals surface area (Å²) in [6, 6.07) is 7.40. The van der Waals surface area contributed by atoms with E-state index in [1.807, 2.05) is 32.3 Å². The SMILES string of the molecule is CNCCN(C)C(=O)Cc1cccc(Cl)c1. The molecule has 0 radical (unpaired) electrons. The van der Waals surface area contributed by atoms with E-state index in [0.717, 1.165) is 18.7 Å². The van der Waals surface area contributed by atoms with Gasteiger partial charge in [0.15, 0.2) is 0 Å². The van der Waals surface area contributed by atoms with Gasteiger partial charge in [-0.3, -0.25) is 4.79 Å². The van der Waals surface area contributed by atoms with Crippen LogP contribution in [0.25, 0.3) is 0 Å². The molecule has 0 heterocycles. The van der Waals surface area contributed by atoms with Gasteiger partial charge in [-0.1, -0.05) is 23.7 Å². The molecule has 0 spiro atoms. The van der Waals surface area contributed by atoms with Gasteiger partial charge in [-0.25, -0.2) is 0 Å². The number of nitrogens with zero attached hydrogens (tertiary/aromatic N) is 1. The summed E-state index contributed by atoms with van der Waals surface area (Å²) in [7, 11) is 3.68. The summed E-state index contributed by atoms with van der Waals surface area (Å²) >= 11 is 5.86. The first-order chi connectivity index (χ1) is 7.63. The Kier molecular flexibility index (Phi) is 5.29. The Balaban J connectivity index is 2.50. The molecule has 0 fully saturated rings. The number of amides is 1. The Hall–Kier alpha value is -1.06. The van der Waals surface area contributed by atoms with Crippen molar-refractivity contribution in [1.82, 2.24) is 10.2 Å². The first-order valence-corrected chi connectivity index (χ1v) is 5.64. The van der Waals surface area contributed by atoms with E-state index in [0.29, 0.717) is 11.4 Å². The van der Waals surface area contributed by atoms with Crippen LogP contribution in [0.2, 0.25) is 5.02 Å². The minimum absolute atomic E-state index is 0.109. The van der Waals surface area contributed by atoms with Crippen molar-refractivity contribution in [3.05, 3.63) is 34.9 Å². The van der Waals surface area contributed by atoms with Crippen molar-refractivity contribution in [1.29, 1.82) is 0 Å². The Bertz CT molecular complexity index is 355. The quantitative estimate of drug-likeness (QED) is 0.847. The van der Waals surface area contributed by atoms with Crippen molar-refractivity contribution >= 4 is 17.5 Å². The lowest BCUT2D eigenvalue weighted by atomic mass is 10.1. The Morgan fingerprint density at radius 2 is 2.25 bits per heavy atom. The van der Waals surface area contributed by atoms with Crippen molar-refractivity contribution in [2.24, 2.45) is 0 Å². The average Bonchev–Trinajstić information content (AvgIpc) is 2.25. The molecule has 0 saturated heterocycles. The van der Waals surface area contributed by atoms with Crippen LogP contribution in [-0.2, 0) is 11.2 Å². The van der Waals surface area contributed by atoms with Crippen molar-refractivity contribution in [2.45, 2.75) is 6.42 Å². The molecule has 0 saturated carbocycles. The fourth-order valence-corrected chi connectivity index (χ4v) is 1.57. The van der Waals surface area contributed by atoms with Crippen LogP contribution in [0.4, 0.5) is 0 Å². The molecule has 0 atom stereocenters. The van der Waals surface area contributed by atoms with Crippen LogP contribution in [0.15, 0.2) is 24.3 Å². The summed E-state index contributed by atoms with van der Waals surface area (Å²) in [5.41, 5.74) is 0.953. The highest BCUT2D eigenvalue weighted by Gasteiger charge is 2.08. The number of likely N-dealkylation sites (N-methyl/N-ethyl adjacent to an activating group) is 2. The largest absolute Gasteiger partial charge is 0.344 e. The van der Waals surface area contributed by atoms with Crippen LogP contribution in [0, 0.1) is 0 Å². The zero-order chi connectivity index (χ0) is 12.0. The summed E-state index contributed by atoms with van der Waals surface area (Å²) < 4.78 is 0. The van der Waals surface area contributed by atoms with Crippen molar-refractivity contribution in [3.8, 4) is 0 Å². The van der Waals surface area contributed by atoms with Gasteiger partial charge in [0.2, 0.25) is 5.91 Å². The van der Waals surface area contributed by atoms with Gasteiger partial charge >= 0.3 is 0 Å². The topological polar surface area (TPSA) is 32.3 Å². The molecule has 3 nitrogen and oxygen atoms in total. The zero-order valence-corrected chi connectivity index (χ0v) is 10.4. The second kappa shape index (κ2) is 6.51. The summed E-state index contributed by atoms with van der Waals surface area (Å²) in [4.78, 5) is 13.5. The summed E-state index contributed by atoms with van der Waals surface area (Å²) in [5, 5.41) is 3.68. The average molecular weight is 241 g/mol. The highest BCUT2D eigenvalue weighted by molar-refractivity contribution is 6.30. The molecule has 16 heavy (non-hydrogen) atoms. The van der Waals surface area contributed by atoms with Crippen LogP contribution in [0.3, 0.4) is 0 Å². The third-order valence-electron chi connectivity index (χ3n) is 2.37.